The molecular weight excluding hydrogens is 482 g/mol. The maximum absolute atomic E-state index is 12.6. The van der Waals surface area contributed by atoms with E-state index in [1.807, 2.05) is 13.0 Å². The van der Waals surface area contributed by atoms with Gasteiger partial charge in [0.15, 0.2) is 5.69 Å². The Morgan fingerprint density at radius 2 is 1.58 bits per heavy atom. The van der Waals surface area contributed by atoms with Crippen LogP contribution in [0.4, 0.5) is 5.69 Å². The van der Waals surface area contributed by atoms with E-state index >= 15 is 0 Å². The topological polar surface area (TPSA) is 90.9 Å². The Labute approximate surface area is 221 Å². The third kappa shape index (κ3) is 8.88. The molecule has 3 aromatic carbocycles. The highest BCUT2D eigenvalue weighted by molar-refractivity contribution is 5.91. The normalized spacial score (nSPS) is 10.7. The summed E-state index contributed by atoms with van der Waals surface area (Å²) in [5.41, 5.74) is 3.40. The molecule has 0 spiro atoms. The van der Waals surface area contributed by atoms with E-state index in [1.54, 1.807) is 73.1 Å². The number of nitrogens with zero attached hydrogens (tertiary/aromatic N) is 3. The van der Waals surface area contributed by atoms with Crippen LogP contribution < -0.4 is 9.47 Å². The van der Waals surface area contributed by atoms with Crippen molar-refractivity contribution in [2.75, 3.05) is 13.2 Å². The van der Waals surface area contributed by atoms with Crippen molar-refractivity contribution in [1.82, 2.24) is 0 Å². The number of aryl methyl sites for hydroxylation is 1. The van der Waals surface area contributed by atoms with Crippen molar-refractivity contribution in [2.45, 2.75) is 19.8 Å². The molecule has 0 saturated carbocycles. The van der Waals surface area contributed by atoms with E-state index in [0.717, 1.165) is 29.2 Å². The van der Waals surface area contributed by atoms with Crippen molar-refractivity contribution in [3.8, 4) is 11.5 Å². The van der Waals surface area contributed by atoms with E-state index in [0.29, 0.717) is 42.4 Å². The average Bonchev–Trinajstić information content (AvgIpc) is 2.94. The number of unbranched alkanes of at least 4 members (excludes halogenated alkanes) is 1. The standard InChI is InChI=1S/C30H27N3O5/c1-4-29(34)37-18-6-5-17-36-27-14-10-25(11-15-27)30(35)38-28-16-9-24(19-22(28)2)21-33-32-20-23-7-12-26(31-3)13-8-23/h4,7-16,19-21H,1,5-6,17-18H2,2H3. The number of hydrogen-bond acceptors (Lipinski definition) is 7. The van der Waals surface area contributed by atoms with Gasteiger partial charge in [-0.1, -0.05) is 30.8 Å². The van der Waals surface area contributed by atoms with E-state index in [4.69, 9.17) is 20.8 Å². The van der Waals surface area contributed by atoms with Crippen LogP contribution in [-0.2, 0) is 9.53 Å². The quantitative estimate of drug-likeness (QED) is 0.0559. The van der Waals surface area contributed by atoms with Crippen LogP contribution in [0.3, 0.4) is 0 Å². The average molecular weight is 510 g/mol. The lowest BCUT2D eigenvalue weighted by Gasteiger charge is -2.09. The molecule has 0 aliphatic rings. The van der Waals surface area contributed by atoms with E-state index < -0.39 is 11.9 Å². The summed E-state index contributed by atoms with van der Waals surface area (Å²) in [6, 6.07) is 19.1. The summed E-state index contributed by atoms with van der Waals surface area (Å²) >= 11 is 0. The van der Waals surface area contributed by atoms with E-state index in [-0.39, 0.29) is 0 Å². The fraction of sp³-hybridized carbons (Fsp3) is 0.167. The molecule has 3 aromatic rings. The highest BCUT2D eigenvalue weighted by Crippen LogP contribution is 2.21. The molecule has 0 aromatic heterocycles. The fourth-order valence-corrected chi connectivity index (χ4v) is 3.17. The highest BCUT2D eigenvalue weighted by atomic mass is 16.5. The van der Waals surface area contributed by atoms with Crippen molar-refractivity contribution in [3.05, 3.63) is 113 Å². The van der Waals surface area contributed by atoms with Crippen LogP contribution in [0.25, 0.3) is 4.85 Å². The minimum Gasteiger partial charge on any atom is -0.494 e. The molecule has 0 saturated heterocycles. The van der Waals surface area contributed by atoms with Crippen LogP contribution in [0, 0.1) is 13.5 Å². The molecule has 0 N–H and O–H groups in total. The maximum Gasteiger partial charge on any atom is 0.343 e. The Balaban J connectivity index is 1.46. The zero-order valence-corrected chi connectivity index (χ0v) is 21.0. The van der Waals surface area contributed by atoms with Gasteiger partial charge in [-0.25, -0.2) is 14.4 Å². The second-order valence-corrected chi connectivity index (χ2v) is 8.06. The predicted octanol–water partition coefficient (Wildman–Crippen LogP) is 6.11. The van der Waals surface area contributed by atoms with Crippen molar-refractivity contribution < 1.29 is 23.8 Å². The molecule has 0 aliphatic carbocycles. The van der Waals surface area contributed by atoms with Gasteiger partial charge >= 0.3 is 11.9 Å². The lowest BCUT2D eigenvalue weighted by Crippen LogP contribution is -2.09. The third-order valence-corrected chi connectivity index (χ3v) is 5.21. The number of esters is 2. The SMILES string of the molecule is [C-]#[N+]c1ccc(C=NN=Cc2ccc(OC(=O)c3ccc(OCCCCOC(=O)C=C)cc3)c(C)c2)cc1. The number of ether oxygens (including phenoxy) is 3. The van der Waals surface area contributed by atoms with Crippen LogP contribution in [0.2, 0.25) is 0 Å². The molecule has 0 atom stereocenters. The summed E-state index contributed by atoms with van der Waals surface area (Å²) in [6.07, 6.45) is 5.75. The summed E-state index contributed by atoms with van der Waals surface area (Å²) in [5.74, 6) is 0.176. The first-order chi connectivity index (χ1) is 18.5. The lowest BCUT2D eigenvalue weighted by molar-refractivity contribution is -0.137. The predicted molar refractivity (Wildman–Crippen MR) is 146 cm³/mol. The number of benzene rings is 3. The van der Waals surface area contributed by atoms with Gasteiger partial charge in [-0.05, 0) is 78.9 Å². The number of carbonyl (C=O) groups excluding carboxylic acids is 2. The number of carbonyl (C=O) groups is 2. The van der Waals surface area contributed by atoms with Crippen LogP contribution >= 0.6 is 0 Å². The van der Waals surface area contributed by atoms with Gasteiger partial charge in [0.1, 0.15) is 11.5 Å². The first-order valence-electron chi connectivity index (χ1n) is 11.9. The van der Waals surface area contributed by atoms with Crippen LogP contribution in [-0.4, -0.2) is 37.6 Å². The van der Waals surface area contributed by atoms with Gasteiger partial charge in [0.05, 0.1) is 37.8 Å². The highest BCUT2D eigenvalue weighted by Gasteiger charge is 2.11. The summed E-state index contributed by atoms with van der Waals surface area (Å²) in [6.45, 7) is 12.9. The van der Waals surface area contributed by atoms with Crippen molar-refractivity contribution in [3.63, 3.8) is 0 Å². The van der Waals surface area contributed by atoms with E-state index in [1.165, 1.54) is 0 Å². The smallest absolute Gasteiger partial charge is 0.343 e. The zero-order valence-electron chi connectivity index (χ0n) is 21.0. The Hall–Kier alpha value is -5.03. The van der Waals surface area contributed by atoms with Crippen molar-refractivity contribution in [2.24, 2.45) is 10.2 Å². The molecule has 8 nitrogen and oxygen atoms in total. The van der Waals surface area contributed by atoms with Gasteiger partial charge in [-0.15, -0.1) is 0 Å². The third-order valence-electron chi connectivity index (χ3n) is 5.21. The molecule has 8 heteroatoms. The molecule has 0 aliphatic heterocycles. The maximum atomic E-state index is 12.6. The largest absolute Gasteiger partial charge is 0.494 e. The summed E-state index contributed by atoms with van der Waals surface area (Å²) in [7, 11) is 0. The Morgan fingerprint density at radius 1 is 0.921 bits per heavy atom. The molecule has 0 fully saturated rings. The summed E-state index contributed by atoms with van der Waals surface area (Å²) < 4.78 is 16.1. The Morgan fingerprint density at radius 3 is 2.24 bits per heavy atom. The van der Waals surface area contributed by atoms with Crippen molar-refractivity contribution in [1.29, 1.82) is 0 Å². The summed E-state index contributed by atoms with van der Waals surface area (Å²) in [5, 5.41) is 8.09. The fourth-order valence-electron chi connectivity index (χ4n) is 3.17. The first kappa shape index (κ1) is 27.6. The van der Waals surface area contributed by atoms with Gasteiger partial charge in [0.2, 0.25) is 0 Å². The van der Waals surface area contributed by atoms with Gasteiger partial charge in [-0.3, -0.25) is 0 Å². The molecule has 0 bridgehead atoms. The summed E-state index contributed by atoms with van der Waals surface area (Å²) in [4.78, 5) is 26.9. The molecule has 0 radical (unpaired) electrons. The molecule has 0 unspecified atom stereocenters. The molecule has 192 valence electrons. The van der Waals surface area contributed by atoms with Crippen molar-refractivity contribution >= 4 is 30.1 Å². The minimum atomic E-state index is -0.473. The second kappa shape index (κ2) is 14.5. The van der Waals surface area contributed by atoms with E-state index in [2.05, 4.69) is 21.6 Å². The van der Waals surface area contributed by atoms with Crippen LogP contribution in [0.5, 0.6) is 11.5 Å². The number of rotatable bonds is 12. The Kier molecular flexibility index (Phi) is 10.5. The van der Waals surface area contributed by atoms with Crippen LogP contribution in [0.15, 0.2) is 89.6 Å². The minimum absolute atomic E-state index is 0.320. The zero-order chi connectivity index (χ0) is 27.2. The van der Waals surface area contributed by atoms with Gasteiger partial charge in [0.25, 0.3) is 0 Å². The monoisotopic (exact) mass is 509 g/mol. The Bertz CT molecular complexity index is 1350. The van der Waals surface area contributed by atoms with Gasteiger partial charge < -0.3 is 14.2 Å². The van der Waals surface area contributed by atoms with Gasteiger partial charge in [-0.2, -0.15) is 10.2 Å². The van der Waals surface area contributed by atoms with Gasteiger partial charge in [0, 0.05) is 6.08 Å². The first-order valence-corrected chi connectivity index (χ1v) is 11.9. The number of hydrogen-bond donors (Lipinski definition) is 0. The molecule has 38 heavy (non-hydrogen) atoms. The lowest BCUT2D eigenvalue weighted by atomic mass is 10.1. The van der Waals surface area contributed by atoms with E-state index in [9.17, 15) is 9.59 Å². The molecular formula is C30H27N3O5. The molecule has 0 heterocycles. The molecule has 3 rings (SSSR count). The second-order valence-electron chi connectivity index (χ2n) is 8.06. The van der Waals surface area contributed by atoms with Crippen LogP contribution in [0.1, 0.15) is 39.9 Å². The molecule has 0 amide bonds.